The van der Waals surface area contributed by atoms with E-state index in [4.69, 9.17) is 14.8 Å². The molecule has 10 heteroatoms. The van der Waals surface area contributed by atoms with Gasteiger partial charge in [-0.05, 0) is 44.9 Å². The maximum Gasteiger partial charge on any atom is 0.472 e. The Balaban J connectivity index is 4.36. The number of phosphoric ester groups is 1. The molecule has 9 nitrogen and oxygen atoms in total. The average molecular weight is 731 g/mol. The second-order valence-electron chi connectivity index (χ2n) is 14.0. The smallest absolute Gasteiger partial charge is 0.393 e. The lowest BCUT2D eigenvalue weighted by Gasteiger charge is -2.24. The predicted octanol–water partition coefficient (Wildman–Crippen LogP) is 9.97. The standard InChI is InChI=1S/C40H79N2O7P/c1-3-5-7-9-11-13-15-16-17-18-19-20-21-22-24-26-28-30-32-39(44)38(36-49-50(46,47)48-34-33-41)42-40(45)35-37(43)31-29-27-25-23-14-12-10-8-6-4-2/h12,14,30,32,37-39,43-44H,3-11,13,15-29,31,33-36,41H2,1-2H3,(H,42,45)(H,46,47)/b14-12-,32-30+. The second-order valence-corrected chi connectivity index (χ2v) is 15.5. The molecule has 4 unspecified atom stereocenters. The topological polar surface area (TPSA) is 151 Å². The fraction of sp³-hybridized carbons (Fsp3) is 0.875. The zero-order valence-corrected chi connectivity index (χ0v) is 33.1. The number of unbranched alkanes of at least 4 members (excludes halogenated alkanes) is 22. The second kappa shape index (κ2) is 36.3. The zero-order valence-electron chi connectivity index (χ0n) is 32.3. The molecule has 0 aliphatic rings. The molecule has 0 radical (unpaired) electrons. The summed E-state index contributed by atoms with van der Waals surface area (Å²) in [5, 5.41) is 23.9. The van der Waals surface area contributed by atoms with Crippen LogP contribution in [-0.2, 0) is 18.4 Å². The summed E-state index contributed by atoms with van der Waals surface area (Å²) in [6, 6.07) is -0.984. The van der Waals surface area contributed by atoms with Crippen molar-refractivity contribution < 1.29 is 33.5 Å². The molecule has 0 saturated heterocycles. The Morgan fingerprint density at radius 3 is 1.64 bits per heavy atom. The van der Waals surface area contributed by atoms with Gasteiger partial charge in [-0.1, -0.05) is 160 Å². The van der Waals surface area contributed by atoms with Crippen LogP contribution >= 0.6 is 7.82 Å². The minimum atomic E-state index is -4.39. The van der Waals surface area contributed by atoms with Gasteiger partial charge in [0.2, 0.25) is 5.91 Å². The van der Waals surface area contributed by atoms with E-state index in [1.165, 1.54) is 109 Å². The van der Waals surface area contributed by atoms with E-state index in [9.17, 15) is 24.5 Å². The van der Waals surface area contributed by atoms with Crippen LogP contribution in [0.15, 0.2) is 24.3 Å². The van der Waals surface area contributed by atoms with Crippen LogP contribution in [0.1, 0.15) is 187 Å². The normalized spacial score (nSPS) is 15.1. The minimum Gasteiger partial charge on any atom is -0.393 e. The zero-order chi connectivity index (χ0) is 37.0. The van der Waals surface area contributed by atoms with E-state index in [1.54, 1.807) is 6.08 Å². The maximum absolute atomic E-state index is 12.7. The SMILES string of the molecule is CCCCC/C=C\CCCCCC(O)CC(=O)NC(COP(=O)(O)OCCN)C(O)/C=C/CCCCCCCCCCCCCCCCCC. The summed E-state index contributed by atoms with van der Waals surface area (Å²) in [6.07, 6.45) is 36.9. The summed E-state index contributed by atoms with van der Waals surface area (Å²) in [6.45, 7) is 3.93. The van der Waals surface area contributed by atoms with Crippen LogP contribution in [0.3, 0.4) is 0 Å². The van der Waals surface area contributed by atoms with Crippen molar-refractivity contribution in [1.82, 2.24) is 5.32 Å². The van der Waals surface area contributed by atoms with Crippen LogP contribution in [0.4, 0.5) is 0 Å². The Bertz CT molecular complexity index is 858. The quantitative estimate of drug-likeness (QED) is 0.0239. The predicted molar refractivity (Wildman–Crippen MR) is 209 cm³/mol. The van der Waals surface area contributed by atoms with E-state index in [-0.39, 0.29) is 19.6 Å². The van der Waals surface area contributed by atoms with Crippen molar-refractivity contribution in [3.05, 3.63) is 24.3 Å². The maximum atomic E-state index is 12.7. The Morgan fingerprint density at radius 1 is 0.680 bits per heavy atom. The number of allylic oxidation sites excluding steroid dienone is 3. The van der Waals surface area contributed by atoms with Gasteiger partial charge in [-0.15, -0.1) is 0 Å². The van der Waals surface area contributed by atoms with E-state index in [1.807, 2.05) is 6.08 Å². The molecular weight excluding hydrogens is 651 g/mol. The third-order valence-electron chi connectivity index (χ3n) is 9.08. The first-order valence-electron chi connectivity index (χ1n) is 20.5. The van der Waals surface area contributed by atoms with Crippen LogP contribution in [-0.4, -0.2) is 59.0 Å². The number of phosphoric acid groups is 1. The number of aliphatic hydroxyl groups is 2. The number of aliphatic hydroxyl groups excluding tert-OH is 2. The molecule has 0 aromatic carbocycles. The number of nitrogens with two attached hydrogens (primary N) is 1. The minimum absolute atomic E-state index is 0.0480. The van der Waals surface area contributed by atoms with Crippen molar-refractivity contribution in [1.29, 1.82) is 0 Å². The molecule has 0 fully saturated rings. The molecule has 0 aliphatic heterocycles. The van der Waals surface area contributed by atoms with Gasteiger partial charge >= 0.3 is 7.82 Å². The van der Waals surface area contributed by atoms with Gasteiger partial charge < -0.3 is 26.2 Å². The summed E-state index contributed by atoms with van der Waals surface area (Å²) in [5.41, 5.74) is 5.35. The van der Waals surface area contributed by atoms with Crippen molar-refractivity contribution in [2.45, 2.75) is 205 Å². The molecule has 1 amide bonds. The molecule has 0 saturated carbocycles. The summed E-state index contributed by atoms with van der Waals surface area (Å²) in [5.74, 6) is -0.456. The Labute approximate surface area is 307 Å². The lowest BCUT2D eigenvalue weighted by molar-refractivity contribution is -0.124. The fourth-order valence-electron chi connectivity index (χ4n) is 5.93. The number of nitrogens with one attached hydrogen (secondary N) is 1. The van der Waals surface area contributed by atoms with Crippen molar-refractivity contribution in [2.24, 2.45) is 5.73 Å². The molecule has 296 valence electrons. The summed E-state index contributed by atoms with van der Waals surface area (Å²) in [7, 11) is -4.39. The van der Waals surface area contributed by atoms with E-state index < -0.39 is 38.6 Å². The number of carbonyl (C=O) groups is 1. The van der Waals surface area contributed by atoms with Crippen molar-refractivity contribution in [3.8, 4) is 0 Å². The molecular formula is C40H79N2O7P. The highest BCUT2D eigenvalue weighted by Crippen LogP contribution is 2.43. The van der Waals surface area contributed by atoms with Crippen LogP contribution < -0.4 is 11.1 Å². The van der Waals surface area contributed by atoms with Gasteiger partial charge in [-0.3, -0.25) is 13.8 Å². The largest absolute Gasteiger partial charge is 0.472 e. The van der Waals surface area contributed by atoms with Crippen molar-refractivity contribution in [2.75, 3.05) is 19.8 Å². The van der Waals surface area contributed by atoms with E-state index in [0.29, 0.717) is 6.42 Å². The summed E-state index contributed by atoms with van der Waals surface area (Å²) >= 11 is 0. The first kappa shape index (κ1) is 48.9. The van der Waals surface area contributed by atoms with E-state index >= 15 is 0 Å². The van der Waals surface area contributed by atoms with Gasteiger partial charge in [0.25, 0.3) is 0 Å². The van der Waals surface area contributed by atoms with Gasteiger partial charge in [0.1, 0.15) is 0 Å². The number of hydrogen-bond donors (Lipinski definition) is 5. The highest BCUT2D eigenvalue weighted by molar-refractivity contribution is 7.47. The van der Waals surface area contributed by atoms with Crippen LogP contribution in [0.5, 0.6) is 0 Å². The molecule has 6 N–H and O–H groups in total. The number of hydrogen-bond acceptors (Lipinski definition) is 7. The van der Waals surface area contributed by atoms with Crippen LogP contribution in [0, 0.1) is 0 Å². The van der Waals surface area contributed by atoms with Crippen molar-refractivity contribution >= 4 is 13.7 Å². The van der Waals surface area contributed by atoms with Gasteiger partial charge in [-0.2, -0.15) is 0 Å². The Morgan fingerprint density at radius 2 is 1.12 bits per heavy atom. The van der Waals surface area contributed by atoms with Gasteiger partial charge in [0.15, 0.2) is 0 Å². The van der Waals surface area contributed by atoms with Gasteiger partial charge in [-0.25, -0.2) is 4.57 Å². The van der Waals surface area contributed by atoms with Crippen molar-refractivity contribution in [3.63, 3.8) is 0 Å². The van der Waals surface area contributed by atoms with Crippen LogP contribution in [0.2, 0.25) is 0 Å². The molecule has 0 spiro atoms. The number of rotatable bonds is 38. The molecule has 4 atom stereocenters. The highest BCUT2D eigenvalue weighted by Gasteiger charge is 2.27. The Kier molecular flexibility index (Phi) is 35.5. The molecule has 0 heterocycles. The monoisotopic (exact) mass is 731 g/mol. The average Bonchev–Trinajstić information content (AvgIpc) is 3.09. The molecule has 0 rings (SSSR count). The number of carbonyl (C=O) groups excluding carboxylic acids is 1. The lowest BCUT2D eigenvalue weighted by Crippen LogP contribution is -2.46. The third-order valence-corrected chi connectivity index (χ3v) is 10.1. The lowest BCUT2D eigenvalue weighted by atomic mass is 10.0. The summed E-state index contributed by atoms with van der Waals surface area (Å²) in [4.78, 5) is 22.7. The van der Waals surface area contributed by atoms with Gasteiger partial charge in [0, 0.05) is 6.54 Å². The molecule has 50 heavy (non-hydrogen) atoms. The molecule has 0 bridgehead atoms. The Hall–Kier alpha value is -1.06. The van der Waals surface area contributed by atoms with Gasteiger partial charge in [0.05, 0.1) is 37.9 Å². The van der Waals surface area contributed by atoms with E-state index in [0.717, 1.165) is 51.4 Å². The molecule has 0 aromatic rings. The highest BCUT2D eigenvalue weighted by atomic mass is 31.2. The summed E-state index contributed by atoms with van der Waals surface area (Å²) < 4.78 is 22.0. The van der Waals surface area contributed by atoms with Crippen LogP contribution in [0.25, 0.3) is 0 Å². The first-order valence-corrected chi connectivity index (χ1v) is 22.0. The fourth-order valence-corrected chi connectivity index (χ4v) is 6.69. The molecule has 0 aliphatic carbocycles. The van der Waals surface area contributed by atoms with E-state index in [2.05, 4.69) is 31.3 Å². The molecule has 0 aromatic heterocycles. The number of amides is 1. The first-order chi connectivity index (χ1) is 24.3. The third kappa shape index (κ3) is 34.0.